The van der Waals surface area contributed by atoms with Gasteiger partial charge in [-0.05, 0) is 42.8 Å². The normalized spacial score (nSPS) is 10.7. The number of aryl methyl sites for hydroxylation is 1. The molecule has 14 heteroatoms. The predicted octanol–water partition coefficient (Wildman–Crippen LogP) is 1.19. The Balaban J connectivity index is 0.00000118. The summed E-state index contributed by atoms with van der Waals surface area (Å²) in [7, 11) is -4.09. The van der Waals surface area contributed by atoms with Crippen molar-refractivity contribution in [3.05, 3.63) is 63.7 Å². The van der Waals surface area contributed by atoms with Gasteiger partial charge in [-0.1, -0.05) is 6.07 Å². The zero-order valence-electron chi connectivity index (χ0n) is 16.8. The number of ether oxygens (including phenoxy) is 1. The lowest BCUT2D eigenvalue weighted by Gasteiger charge is -2.11. The second kappa shape index (κ2) is 12.3. The van der Waals surface area contributed by atoms with Crippen LogP contribution < -0.4 is 20.1 Å². The van der Waals surface area contributed by atoms with Crippen LogP contribution in [0.1, 0.15) is 11.1 Å². The number of nitrogens with zero attached hydrogens (tertiary/aromatic N) is 4. The number of nitrogens with two attached hydrogens (primary N) is 1. The molecule has 0 spiro atoms. The van der Waals surface area contributed by atoms with Crippen molar-refractivity contribution in [1.29, 1.82) is 5.26 Å². The van der Waals surface area contributed by atoms with Gasteiger partial charge < -0.3 is 19.9 Å². The lowest BCUT2D eigenvalue weighted by molar-refractivity contribution is -0.742. The average Bonchev–Trinajstić information content (AvgIpc) is 2.70. The third-order valence-electron chi connectivity index (χ3n) is 3.32. The first-order chi connectivity index (χ1) is 15.1. The number of hydrogen-bond acceptors (Lipinski definition) is 9. The first-order valence-electron chi connectivity index (χ1n) is 8.61. The van der Waals surface area contributed by atoms with Crippen LogP contribution in [-0.4, -0.2) is 44.5 Å². The number of hydrazone groups is 1. The first kappa shape index (κ1) is 25.7. The number of nitrogens with one attached hydrogen (secondary N) is 1. The summed E-state index contributed by atoms with van der Waals surface area (Å²) in [5, 5.41) is 25.9. The second-order valence-corrected chi connectivity index (χ2v) is 7.33. The second-order valence-electron chi connectivity index (χ2n) is 5.78. The summed E-state index contributed by atoms with van der Waals surface area (Å²) < 4.78 is 35.7. The predicted molar refractivity (Wildman–Crippen MR) is 114 cm³/mol. The quantitative estimate of drug-likeness (QED) is 0.127. The molecule has 0 atom stereocenters. The molecule has 170 valence electrons. The zero-order valence-corrected chi connectivity index (χ0v) is 17.7. The lowest BCUT2D eigenvalue weighted by Crippen LogP contribution is -2.27. The van der Waals surface area contributed by atoms with Crippen LogP contribution in [0.5, 0.6) is 11.5 Å². The maximum atomic E-state index is 12.5. The molecule has 2 rings (SSSR count). The van der Waals surface area contributed by atoms with Crippen LogP contribution in [0.3, 0.4) is 0 Å². The molecule has 0 radical (unpaired) electrons. The third kappa shape index (κ3) is 9.41. The fraction of sp³-hybridized carbons (Fsp3) is 0.167. The summed E-state index contributed by atoms with van der Waals surface area (Å²) in [6, 6.07) is 12.2. The van der Waals surface area contributed by atoms with E-state index in [-0.39, 0.29) is 35.3 Å². The zero-order chi connectivity index (χ0) is 24.1. The maximum absolute atomic E-state index is 12.5. The average molecular weight is 464 g/mol. The molecule has 0 aliphatic heterocycles. The van der Waals surface area contributed by atoms with Gasteiger partial charge in [0, 0.05) is 12.8 Å². The molecule has 0 bridgehead atoms. The molecule has 0 heterocycles. The van der Waals surface area contributed by atoms with Crippen molar-refractivity contribution < 1.29 is 27.6 Å². The van der Waals surface area contributed by atoms with Crippen LogP contribution in [0.15, 0.2) is 57.5 Å². The van der Waals surface area contributed by atoms with Crippen LogP contribution in [0.25, 0.3) is 0 Å². The highest BCUT2D eigenvalue weighted by molar-refractivity contribution is 7.87. The van der Waals surface area contributed by atoms with Crippen LogP contribution in [0.2, 0.25) is 0 Å². The summed E-state index contributed by atoms with van der Waals surface area (Å²) in [5.74, 6) is 0.620. The SMILES string of the molecule is C=NNC(N)=NCCOc1cc(C)cc(OS(=O)(=O)c2cccc(C#N)c2)c1.O=[N+]([O-])O. The van der Waals surface area contributed by atoms with Crippen LogP contribution in [0.4, 0.5) is 0 Å². The van der Waals surface area contributed by atoms with E-state index in [9.17, 15) is 8.42 Å². The fourth-order valence-corrected chi connectivity index (χ4v) is 3.15. The molecular formula is C18H20N6O7S. The highest BCUT2D eigenvalue weighted by Gasteiger charge is 2.18. The Bertz CT molecular complexity index is 1120. The van der Waals surface area contributed by atoms with E-state index in [2.05, 4.69) is 22.2 Å². The summed E-state index contributed by atoms with van der Waals surface area (Å²) in [6.07, 6.45) is 0. The van der Waals surface area contributed by atoms with Gasteiger partial charge in [0.15, 0.2) is 0 Å². The van der Waals surface area contributed by atoms with E-state index >= 15 is 0 Å². The standard InChI is InChI=1S/C18H19N5O4S.HNO3/c1-13-8-15(26-7-6-22-18(20)23-21-2)11-16(9-13)27-28(24,25)17-5-3-4-14(10-17)12-19;2-1(3)4/h3-5,8-11H,2,6-7H2,1H3,(H3,20,22,23);(H,2,3,4). The van der Waals surface area contributed by atoms with Crippen LogP contribution >= 0.6 is 0 Å². The Morgan fingerprint density at radius 3 is 2.62 bits per heavy atom. The monoisotopic (exact) mass is 464 g/mol. The van der Waals surface area contributed by atoms with Crippen molar-refractivity contribution in [3.63, 3.8) is 0 Å². The van der Waals surface area contributed by atoms with Gasteiger partial charge in [0.25, 0.3) is 5.09 Å². The molecule has 0 aliphatic carbocycles. The van der Waals surface area contributed by atoms with Crippen molar-refractivity contribution in [2.45, 2.75) is 11.8 Å². The lowest BCUT2D eigenvalue weighted by atomic mass is 10.2. The van der Waals surface area contributed by atoms with Gasteiger partial charge in [0.2, 0.25) is 5.96 Å². The van der Waals surface area contributed by atoms with Gasteiger partial charge in [-0.3, -0.25) is 0 Å². The molecular weight excluding hydrogens is 444 g/mol. The van der Waals surface area contributed by atoms with E-state index < -0.39 is 15.2 Å². The van der Waals surface area contributed by atoms with Gasteiger partial charge >= 0.3 is 10.1 Å². The Labute approximate surface area is 183 Å². The van der Waals surface area contributed by atoms with E-state index in [1.807, 2.05) is 6.07 Å². The molecule has 0 aromatic heterocycles. The number of benzene rings is 2. The summed E-state index contributed by atoms with van der Waals surface area (Å²) >= 11 is 0. The molecule has 2 aromatic rings. The minimum Gasteiger partial charge on any atom is -0.492 e. The molecule has 2 aromatic carbocycles. The maximum Gasteiger partial charge on any atom is 0.339 e. The topological polar surface area (TPSA) is 203 Å². The third-order valence-corrected chi connectivity index (χ3v) is 4.56. The highest BCUT2D eigenvalue weighted by atomic mass is 32.2. The Morgan fingerprint density at radius 1 is 1.34 bits per heavy atom. The molecule has 0 unspecified atom stereocenters. The minimum atomic E-state index is -4.09. The van der Waals surface area contributed by atoms with Gasteiger partial charge in [-0.15, -0.1) is 10.1 Å². The Hall–Kier alpha value is -4.38. The van der Waals surface area contributed by atoms with Gasteiger partial charge in [-0.2, -0.15) is 18.8 Å². The molecule has 0 aliphatic rings. The van der Waals surface area contributed by atoms with Gasteiger partial charge in [-0.25, -0.2) is 10.4 Å². The van der Waals surface area contributed by atoms with Crippen molar-refractivity contribution in [3.8, 4) is 17.6 Å². The van der Waals surface area contributed by atoms with E-state index in [0.717, 1.165) is 5.56 Å². The molecule has 0 saturated carbocycles. The van der Waals surface area contributed by atoms with E-state index in [1.165, 1.54) is 30.3 Å². The first-order valence-corrected chi connectivity index (χ1v) is 10.0. The highest BCUT2D eigenvalue weighted by Crippen LogP contribution is 2.26. The molecule has 0 fully saturated rings. The van der Waals surface area contributed by atoms with Crippen molar-refractivity contribution in [2.24, 2.45) is 15.8 Å². The van der Waals surface area contributed by atoms with Crippen molar-refractivity contribution >= 4 is 22.8 Å². The molecule has 0 amide bonds. The summed E-state index contributed by atoms with van der Waals surface area (Å²) in [4.78, 5) is 12.2. The van der Waals surface area contributed by atoms with Crippen LogP contribution in [-0.2, 0) is 10.1 Å². The number of aliphatic imine (C=N–C) groups is 1. The Morgan fingerprint density at radius 2 is 2.00 bits per heavy atom. The van der Waals surface area contributed by atoms with Crippen molar-refractivity contribution in [2.75, 3.05) is 13.2 Å². The van der Waals surface area contributed by atoms with E-state index in [0.29, 0.717) is 5.75 Å². The minimum absolute atomic E-state index is 0.0953. The number of guanidine groups is 1. The number of nitriles is 1. The molecule has 4 N–H and O–H groups in total. The molecule has 0 saturated heterocycles. The van der Waals surface area contributed by atoms with Crippen molar-refractivity contribution in [1.82, 2.24) is 5.43 Å². The Kier molecular flexibility index (Phi) is 9.90. The fourth-order valence-electron chi connectivity index (χ4n) is 2.19. The molecule has 32 heavy (non-hydrogen) atoms. The largest absolute Gasteiger partial charge is 0.492 e. The van der Waals surface area contributed by atoms with Gasteiger partial charge in [0.1, 0.15) is 23.0 Å². The van der Waals surface area contributed by atoms with E-state index in [1.54, 1.807) is 19.1 Å². The van der Waals surface area contributed by atoms with Crippen LogP contribution in [0, 0.1) is 28.4 Å². The smallest absolute Gasteiger partial charge is 0.339 e. The molecule has 13 nitrogen and oxygen atoms in total. The number of rotatable bonds is 8. The summed E-state index contributed by atoms with van der Waals surface area (Å²) in [6.45, 7) is 5.47. The summed E-state index contributed by atoms with van der Waals surface area (Å²) in [5.41, 5.74) is 8.86. The van der Waals surface area contributed by atoms with Gasteiger partial charge in [0.05, 0.1) is 18.2 Å². The number of hydrogen-bond donors (Lipinski definition) is 3. The van der Waals surface area contributed by atoms with E-state index in [4.69, 9.17) is 35.2 Å².